The van der Waals surface area contributed by atoms with Gasteiger partial charge in [-0.2, -0.15) is 0 Å². The third kappa shape index (κ3) is 5.64. The van der Waals surface area contributed by atoms with E-state index in [1.807, 2.05) is 74.0 Å². The summed E-state index contributed by atoms with van der Waals surface area (Å²) in [4.78, 5) is 48.1. The summed E-state index contributed by atoms with van der Waals surface area (Å²) in [6.07, 6.45) is 5.88. The molecule has 3 unspecified atom stereocenters. The Kier molecular flexibility index (Phi) is 7.73. The lowest BCUT2D eigenvalue weighted by Crippen LogP contribution is -2.55. The highest BCUT2D eigenvalue weighted by atomic mass is 16.6. The van der Waals surface area contributed by atoms with Crippen molar-refractivity contribution in [2.45, 2.75) is 88.7 Å². The Bertz CT molecular complexity index is 1510. The van der Waals surface area contributed by atoms with Crippen LogP contribution in [0.4, 0.5) is 4.79 Å². The van der Waals surface area contributed by atoms with Gasteiger partial charge in [0.05, 0.1) is 5.92 Å². The van der Waals surface area contributed by atoms with Crippen LogP contribution in [-0.2, 0) is 19.7 Å². The first-order valence-electron chi connectivity index (χ1n) is 15.8. The first-order valence-corrected chi connectivity index (χ1v) is 15.8. The predicted molar refractivity (Wildman–Crippen MR) is 167 cm³/mol. The molecule has 8 nitrogen and oxygen atoms in total. The third-order valence-electron chi connectivity index (χ3n) is 9.80. The number of alkyl carbamates (subject to hydrolysis) is 1. The first kappa shape index (κ1) is 29.3. The molecule has 2 saturated heterocycles. The highest BCUT2D eigenvalue weighted by Crippen LogP contribution is 2.52. The van der Waals surface area contributed by atoms with Gasteiger partial charge in [-0.25, -0.2) is 4.79 Å². The molecule has 43 heavy (non-hydrogen) atoms. The van der Waals surface area contributed by atoms with Crippen molar-refractivity contribution in [3.8, 4) is 0 Å². The van der Waals surface area contributed by atoms with Crippen LogP contribution in [0.25, 0.3) is 10.9 Å². The largest absolute Gasteiger partial charge is 0.444 e. The number of fused-ring (bicyclic) bond motifs is 3. The second kappa shape index (κ2) is 11.4. The average Bonchev–Trinajstić information content (AvgIpc) is 3.74. The number of para-hydroxylation sites is 1. The van der Waals surface area contributed by atoms with E-state index < -0.39 is 17.7 Å². The lowest BCUT2D eigenvalue weighted by Gasteiger charge is -2.42. The van der Waals surface area contributed by atoms with Gasteiger partial charge in [0.25, 0.3) is 0 Å². The average molecular weight is 585 g/mol. The number of benzene rings is 2. The molecule has 0 saturated carbocycles. The fraction of sp³-hybridized carbons (Fsp3) is 0.514. The fourth-order valence-electron chi connectivity index (χ4n) is 7.58. The number of H-pyrrole nitrogens is 1. The molecule has 0 bridgehead atoms. The number of carbonyl (C=O) groups is 3. The number of nitrogens with one attached hydrogen (secondary N) is 2. The molecule has 0 radical (unpaired) electrons. The van der Waals surface area contributed by atoms with Crippen molar-refractivity contribution in [2.75, 3.05) is 26.2 Å². The number of piperidine rings is 1. The van der Waals surface area contributed by atoms with E-state index in [0.717, 1.165) is 67.2 Å². The second-order valence-corrected chi connectivity index (χ2v) is 13.7. The zero-order valence-corrected chi connectivity index (χ0v) is 25.8. The van der Waals surface area contributed by atoms with Crippen molar-refractivity contribution in [1.82, 2.24) is 20.1 Å². The normalized spacial score (nSPS) is 21.1. The van der Waals surface area contributed by atoms with E-state index in [1.165, 1.54) is 5.56 Å². The number of aromatic nitrogens is 1. The molecule has 1 aromatic heterocycles. The van der Waals surface area contributed by atoms with Crippen LogP contribution in [0.1, 0.15) is 88.3 Å². The Morgan fingerprint density at radius 3 is 2.35 bits per heavy atom. The number of carbonyl (C=O) groups excluding carboxylic acids is 3. The molecule has 1 aliphatic carbocycles. The molecule has 3 atom stereocenters. The zero-order valence-electron chi connectivity index (χ0n) is 25.8. The maximum atomic E-state index is 14.3. The van der Waals surface area contributed by atoms with Crippen LogP contribution in [-0.4, -0.2) is 70.5 Å². The lowest BCUT2D eigenvalue weighted by molar-refractivity contribution is -0.136. The highest BCUT2D eigenvalue weighted by Gasteiger charge is 2.49. The summed E-state index contributed by atoms with van der Waals surface area (Å²) in [6, 6.07) is 15.6. The Hall–Kier alpha value is -3.81. The standard InChI is InChI=1S/C35H44N4O4/c1-23(27-22-36-29-14-8-6-12-25(27)29)30(37-33(42)43-34(2,3)4)32(41)39-19-15-35(16-20-39)21-26(24-11-5-7-13-28(24)35)31(40)38-17-9-10-18-38/h5-8,11-14,22-23,26,30,36H,9-10,15-21H2,1-4H3,(H,37,42). The summed E-state index contributed by atoms with van der Waals surface area (Å²) in [6.45, 7) is 10.3. The Balaban J connectivity index is 1.22. The third-order valence-corrected chi connectivity index (χ3v) is 9.80. The lowest BCUT2D eigenvalue weighted by atomic mass is 9.73. The summed E-state index contributed by atoms with van der Waals surface area (Å²) in [5, 5.41) is 3.97. The molecule has 2 aliphatic heterocycles. The van der Waals surface area contributed by atoms with Crippen LogP contribution in [0.15, 0.2) is 54.7 Å². The molecule has 3 aliphatic rings. The van der Waals surface area contributed by atoms with Crippen molar-refractivity contribution in [3.05, 3.63) is 71.4 Å². The second-order valence-electron chi connectivity index (χ2n) is 13.7. The number of ether oxygens (including phenoxy) is 1. The maximum absolute atomic E-state index is 14.3. The van der Waals surface area contributed by atoms with E-state index >= 15 is 0 Å². The summed E-state index contributed by atoms with van der Waals surface area (Å²) in [5.74, 6) is -0.245. The van der Waals surface area contributed by atoms with Crippen LogP contribution in [0.3, 0.4) is 0 Å². The minimum atomic E-state index is -0.788. The van der Waals surface area contributed by atoms with Gasteiger partial charge in [-0.15, -0.1) is 0 Å². The summed E-state index contributed by atoms with van der Waals surface area (Å²) >= 11 is 0. The van der Waals surface area contributed by atoms with Crippen molar-refractivity contribution in [2.24, 2.45) is 0 Å². The molecule has 1 spiro atoms. The molecule has 3 heterocycles. The van der Waals surface area contributed by atoms with Crippen LogP contribution in [0.5, 0.6) is 0 Å². The van der Waals surface area contributed by atoms with E-state index in [-0.39, 0.29) is 29.1 Å². The van der Waals surface area contributed by atoms with Gasteiger partial charge in [-0.3, -0.25) is 9.59 Å². The van der Waals surface area contributed by atoms with Crippen molar-refractivity contribution in [1.29, 1.82) is 0 Å². The van der Waals surface area contributed by atoms with Gasteiger partial charge in [-0.1, -0.05) is 49.4 Å². The van der Waals surface area contributed by atoms with Gasteiger partial charge in [0.2, 0.25) is 11.8 Å². The van der Waals surface area contributed by atoms with E-state index in [1.54, 1.807) is 0 Å². The number of rotatable bonds is 5. The number of amides is 3. The Morgan fingerprint density at radius 1 is 0.953 bits per heavy atom. The molecule has 8 heteroatoms. The van der Waals surface area contributed by atoms with Crippen molar-refractivity contribution in [3.63, 3.8) is 0 Å². The predicted octanol–water partition coefficient (Wildman–Crippen LogP) is 5.83. The highest BCUT2D eigenvalue weighted by molar-refractivity contribution is 5.90. The molecule has 6 rings (SSSR count). The molecular weight excluding hydrogens is 540 g/mol. The summed E-state index contributed by atoms with van der Waals surface area (Å²) < 4.78 is 5.59. The van der Waals surface area contributed by atoms with Crippen LogP contribution < -0.4 is 5.32 Å². The molecule has 3 amide bonds. The fourth-order valence-corrected chi connectivity index (χ4v) is 7.58. The van der Waals surface area contributed by atoms with Gasteiger partial charge in [0.1, 0.15) is 11.6 Å². The van der Waals surface area contributed by atoms with Gasteiger partial charge in [-0.05, 0) is 75.6 Å². The van der Waals surface area contributed by atoms with E-state index in [2.05, 4.69) is 28.5 Å². The molecule has 2 aromatic carbocycles. The quantitative estimate of drug-likeness (QED) is 0.394. The molecular formula is C35H44N4O4. The van der Waals surface area contributed by atoms with E-state index in [0.29, 0.717) is 13.1 Å². The molecule has 228 valence electrons. The van der Waals surface area contributed by atoms with Gasteiger partial charge in [0, 0.05) is 54.6 Å². The maximum Gasteiger partial charge on any atom is 0.408 e. The molecule has 2 fully saturated rings. The Morgan fingerprint density at radius 2 is 1.63 bits per heavy atom. The zero-order chi connectivity index (χ0) is 30.4. The monoisotopic (exact) mass is 584 g/mol. The van der Waals surface area contributed by atoms with Crippen LogP contribution >= 0.6 is 0 Å². The smallest absolute Gasteiger partial charge is 0.408 e. The first-order chi connectivity index (χ1) is 20.6. The van der Waals surface area contributed by atoms with Gasteiger partial charge >= 0.3 is 6.09 Å². The summed E-state index contributed by atoms with van der Waals surface area (Å²) in [5.41, 5.74) is 3.60. The summed E-state index contributed by atoms with van der Waals surface area (Å²) in [7, 11) is 0. The van der Waals surface area contributed by atoms with E-state index in [4.69, 9.17) is 4.74 Å². The number of nitrogens with zero attached hydrogens (tertiary/aromatic N) is 2. The van der Waals surface area contributed by atoms with Gasteiger partial charge < -0.3 is 24.8 Å². The number of hydrogen-bond acceptors (Lipinski definition) is 4. The van der Waals surface area contributed by atoms with E-state index in [9.17, 15) is 14.4 Å². The van der Waals surface area contributed by atoms with Crippen LogP contribution in [0, 0.1) is 0 Å². The SMILES string of the molecule is CC(c1c[nH]c2ccccc12)C(NC(=O)OC(C)(C)C)C(=O)N1CCC2(CC1)CC(C(=O)N1CCCC1)c1ccccc12. The number of hydrogen-bond donors (Lipinski definition) is 2. The van der Waals surface area contributed by atoms with Crippen molar-refractivity contribution >= 4 is 28.8 Å². The minimum absolute atomic E-state index is 0.102. The van der Waals surface area contributed by atoms with Crippen molar-refractivity contribution < 1.29 is 19.1 Å². The van der Waals surface area contributed by atoms with Gasteiger partial charge in [0.15, 0.2) is 0 Å². The minimum Gasteiger partial charge on any atom is -0.444 e. The number of likely N-dealkylation sites (tertiary alicyclic amines) is 2. The molecule has 3 aromatic rings. The van der Waals surface area contributed by atoms with Crippen LogP contribution in [0.2, 0.25) is 0 Å². The molecule has 2 N–H and O–H groups in total. The topological polar surface area (TPSA) is 94.7 Å². The Labute approximate surface area is 254 Å². The number of aromatic amines is 1.